The molecule has 2 nitrogen and oxygen atoms in total. The molecule has 0 saturated heterocycles. The first-order valence-electron chi connectivity index (χ1n) is 2.76. The Balaban J connectivity index is 2.80. The lowest BCUT2D eigenvalue weighted by molar-refractivity contribution is 0.538. The van der Waals surface area contributed by atoms with Gasteiger partial charge >= 0.3 is 0 Å². The minimum atomic E-state index is 0.620. The third-order valence-electron chi connectivity index (χ3n) is 0.820. The summed E-state index contributed by atoms with van der Waals surface area (Å²) in [4.78, 5) is 3.86. The van der Waals surface area contributed by atoms with Crippen molar-refractivity contribution in [2.75, 3.05) is 0 Å². The van der Waals surface area contributed by atoms with E-state index in [9.17, 15) is 0 Å². The number of hydrogen-bond donors (Lipinski definition) is 0. The molecule has 0 saturated carbocycles. The van der Waals surface area contributed by atoms with E-state index < -0.39 is 0 Å². The zero-order chi connectivity index (χ0) is 6.69. The van der Waals surface area contributed by atoms with Crippen LogP contribution < -0.4 is 0 Å². The summed E-state index contributed by atoms with van der Waals surface area (Å²) in [7, 11) is 0. The van der Waals surface area contributed by atoms with Crippen LogP contribution in [0.1, 0.15) is 19.7 Å². The van der Waals surface area contributed by atoms with Crippen molar-refractivity contribution in [2.24, 2.45) is 0 Å². The molecule has 0 aliphatic carbocycles. The van der Waals surface area contributed by atoms with Crippen LogP contribution >= 0.6 is 0 Å². The molecule has 0 aromatic carbocycles. The van der Waals surface area contributed by atoms with Crippen molar-refractivity contribution in [3.63, 3.8) is 0 Å². The molecule has 0 unspecified atom stereocenters. The van der Waals surface area contributed by atoms with Gasteiger partial charge in [-0.2, -0.15) is 0 Å². The summed E-state index contributed by atoms with van der Waals surface area (Å²) >= 11 is 0. The number of aromatic nitrogens is 1. The minimum Gasteiger partial charge on any atom is -0.433 e. The standard InChI is InChI=1S/C7H8NO/c1-6(2)5-7-8-3-4-9-7/h3,5H,1-2H3. The van der Waals surface area contributed by atoms with E-state index in [4.69, 9.17) is 4.42 Å². The van der Waals surface area contributed by atoms with Crippen LogP contribution in [0, 0.1) is 6.26 Å². The molecular formula is C7H8NO. The largest absolute Gasteiger partial charge is 0.433 e. The zero-order valence-corrected chi connectivity index (χ0v) is 5.51. The first-order valence-corrected chi connectivity index (χ1v) is 2.76. The number of nitrogens with zero attached hydrogens (tertiary/aromatic N) is 1. The van der Waals surface area contributed by atoms with Gasteiger partial charge in [-0.05, 0) is 19.9 Å². The third kappa shape index (κ3) is 1.72. The molecule has 0 amide bonds. The van der Waals surface area contributed by atoms with Gasteiger partial charge in [0.1, 0.15) is 0 Å². The van der Waals surface area contributed by atoms with Crippen molar-refractivity contribution in [3.05, 3.63) is 23.9 Å². The molecule has 1 aromatic rings. The second-order valence-electron chi connectivity index (χ2n) is 2.04. The summed E-state index contributed by atoms with van der Waals surface area (Å²) in [6, 6.07) is 0. The van der Waals surface area contributed by atoms with Crippen LogP contribution in [-0.2, 0) is 0 Å². The maximum Gasteiger partial charge on any atom is 0.219 e. The number of rotatable bonds is 1. The molecule has 1 heterocycles. The second kappa shape index (κ2) is 2.49. The van der Waals surface area contributed by atoms with Crippen LogP contribution in [0.2, 0.25) is 0 Å². The van der Waals surface area contributed by atoms with Crippen LogP contribution in [0.25, 0.3) is 6.08 Å². The van der Waals surface area contributed by atoms with Crippen molar-refractivity contribution in [1.29, 1.82) is 0 Å². The van der Waals surface area contributed by atoms with Gasteiger partial charge in [-0.25, -0.2) is 4.98 Å². The van der Waals surface area contributed by atoms with Crippen molar-refractivity contribution in [2.45, 2.75) is 13.8 Å². The summed E-state index contributed by atoms with van der Waals surface area (Å²) in [5.74, 6) is 0.620. The number of allylic oxidation sites excluding steroid dienone is 1. The van der Waals surface area contributed by atoms with Gasteiger partial charge in [-0.15, -0.1) is 0 Å². The maximum absolute atomic E-state index is 4.83. The fourth-order valence-corrected chi connectivity index (χ4v) is 0.517. The summed E-state index contributed by atoms with van der Waals surface area (Å²) in [6.45, 7) is 3.98. The molecule has 0 aliphatic heterocycles. The third-order valence-corrected chi connectivity index (χ3v) is 0.820. The van der Waals surface area contributed by atoms with E-state index in [0.29, 0.717) is 5.89 Å². The molecule has 1 aromatic heterocycles. The Morgan fingerprint density at radius 1 is 1.78 bits per heavy atom. The SMILES string of the molecule is CC(C)=Cc1nc[c]o1. The Kier molecular flexibility index (Phi) is 1.68. The average molecular weight is 122 g/mol. The van der Waals surface area contributed by atoms with Gasteiger partial charge in [0.2, 0.25) is 5.89 Å². The van der Waals surface area contributed by atoms with E-state index in [0.717, 1.165) is 0 Å². The van der Waals surface area contributed by atoms with Crippen LogP contribution in [0.5, 0.6) is 0 Å². The van der Waals surface area contributed by atoms with E-state index in [-0.39, 0.29) is 0 Å². The summed E-state index contributed by atoms with van der Waals surface area (Å²) in [5.41, 5.74) is 1.17. The lowest BCUT2D eigenvalue weighted by Crippen LogP contribution is -1.68. The lowest BCUT2D eigenvalue weighted by Gasteiger charge is -1.82. The molecule has 2 heteroatoms. The first-order chi connectivity index (χ1) is 4.29. The van der Waals surface area contributed by atoms with Gasteiger partial charge in [0.25, 0.3) is 0 Å². The molecule has 1 rings (SSSR count). The summed E-state index contributed by atoms with van der Waals surface area (Å²) in [5, 5.41) is 0. The fraction of sp³-hybridized carbons (Fsp3) is 0.286. The average Bonchev–Trinajstić information content (AvgIpc) is 2.15. The Labute approximate surface area is 54.2 Å². The van der Waals surface area contributed by atoms with Crippen LogP contribution in [-0.4, -0.2) is 4.98 Å². The van der Waals surface area contributed by atoms with E-state index in [2.05, 4.69) is 11.2 Å². The van der Waals surface area contributed by atoms with Gasteiger partial charge in [0.15, 0.2) is 6.26 Å². The van der Waals surface area contributed by atoms with Crippen molar-refractivity contribution in [3.8, 4) is 0 Å². The molecule has 0 bridgehead atoms. The summed E-state index contributed by atoms with van der Waals surface area (Å²) in [6.07, 6.45) is 5.87. The normalized spacial score (nSPS) is 9.11. The summed E-state index contributed by atoms with van der Waals surface area (Å²) < 4.78 is 4.83. The quantitative estimate of drug-likeness (QED) is 0.568. The molecule has 1 radical (unpaired) electrons. The molecule has 0 N–H and O–H groups in total. The van der Waals surface area contributed by atoms with E-state index >= 15 is 0 Å². The fourth-order valence-electron chi connectivity index (χ4n) is 0.517. The predicted octanol–water partition coefficient (Wildman–Crippen LogP) is 1.90. The Morgan fingerprint density at radius 2 is 2.56 bits per heavy atom. The molecule has 0 atom stereocenters. The topological polar surface area (TPSA) is 26.0 Å². The number of oxazole rings is 1. The molecule has 0 spiro atoms. The van der Waals surface area contributed by atoms with Crippen LogP contribution in [0.4, 0.5) is 0 Å². The zero-order valence-electron chi connectivity index (χ0n) is 5.51. The monoisotopic (exact) mass is 122 g/mol. The van der Waals surface area contributed by atoms with Crippen LogP contribution in [0.3, 0.4) is 0 Å². The Hall–Kier alpha value is -1.05. The Bertz CT molecular complexity index is 195. The van der Waals surface area contributed by atoms with E-state index in [1.807, 2.05) is 19.9 Å². The highest BCUT2D eigenvalue weighted by Crippen LogP contribution is 2.00. The van der Waals surface area contributed by atoms with Crippen molar-refractivity contribution in [1.82, 2.24) is 4.98 Å². The minimum absolute atomic E-state index is 0.620. The van der Waals surface area contributed by atoms with E-state index in [1.165, 1.54) is 11.8 Å². The van der Waals surface area contributed by atoms with Gasteiger partial charge < -0.3 is 4.42 Å². The van der Waals surface area contributed by atoms with Crippen LogP contribution in [0.15, 0.2) is 16.2 Å². The van der Waals surface area contributed by atoms with Gasteiger partial charge in [0.05, 0.1) is 6.20 Å². The number of hydrogen-bond acceptors (Lipinski definition) is 2. The highest BCUT2D eigenvalue weighted by Gasteiger charge is 1.88. The molecule has 0 aliphatic rings. The van der Waals surface area contributed by atoms with Crippen molar-refractivity contribution < 1.29 is 4.42 Å². The molecule has 0 fully saturated rings. The molecular weight excluding hydrogens is 114 g/mol. The van der Waals surface area contributed by atoms with E-state index in [1.54, 1.807) is 0 Å². The maximum atomic E-state index is 4.83. The van der Waals surface area contributed by atoms with Gasteiger partial charge in [-0.1, -0.05) is 5.57 Å². The first kappa shape index (κ1) is 6.08. The molecule has 9 heavy (non-hydrogen) atoms. The second-order valence-corrected chi connectivity index (χ2v) is 2.04. The Morgan fingerprint density at radius 3 is 3.00 bits per heavy atom. The smallest absolute Gasteiger partial charge is 0.219 e. The highest BCUT2D eigenvalue weighted by molar-refractivity contribution is 5.40. The lowest BCUT2D eigenvalue weighted by atomic mass is 10.3. The molecule has 47 valence electrons. The van der Waals surface area contributed by atoms with Gasteiger partial charge in [0, 0.05) is 0 Å². The highest BCUT2D eigenvalue weighted by atomic mass is 16.3. The van der Waals surface area contributed by atoms with Crippen molar-refractivity contribution >= 4 is 6.08 Å². The predicted molar refractivity (Wildman–Crippen MR) is 34.7 cm³/mol. The van der Waals surface area contributed by atoms with Gasteiger partial charge in [-0.3, -0.25) is 0 Å².